The maximum Gasteiger partial charge on any atom is 0.239 e. The minimum absolute atomic E-state index is 0.280. The van der Waals surface area contributed by atoms with Crippen molar-refractivity contribution in [2.24, 2.45) is 5.41 Å². The fourth-order valence-electron chi connectivity index (χ4n) is 1.75. The van der Waals surface area contributed by atoms with Crippen LogP contribution in [0.2, 0.25) is 0 Å². The zero-order valence-electron chi connectivity index (χ0n) is 14.0. The van der Waals surface area contributed by atoms with Crippen LogP contribution in [0.5, 0.6) is 0 Å². The van der Waals surface area contributed by atoms with Crippen LogP contribution in [0, 0.1) is 19.3 Å². The molecular formula is C17H26N2O2. The van der Waals surface area contributed by atoms with E-state index in [9.17, 15) is 9.59 Å². The number of rotatable bonds is 3. The van der Waals surface area contributed by atoms with E-state index >= 15 is 0 Å². The lowest BCUT2D eigenvalue weighted by atomic mass is 9.89. The number of aryl methyl sites for hydroxylation is 2. The number of hydrogen-bond donors (Lipinski definition) is 2. The highest BCUT2D eigenvalue weighted by Crippen LogP contribution is 2.23. The molecule has 116 valence electrons. The van der Waals surface area contributed by atoms with Crippen LogP contribution in [0.4, 0.5) is 5.69 Å². The highest BCUT2D eigenvalue weighted by atomic mass is 16.2. The third-order valence-corrected chi connectivity index (χ3v) is 3.27. The molecule has 0 aliphatic carbocycles. The highest BCUT2D eigenvalue weighted by molar-refractivity contribution is 6.10. The minimum atomic E-state index is -1.14. The Bertz CT molecular complexity index is 554. The molecule has 0 saturated heterocycles. The maximum absolute atomic E-state index is 12.5. The Morgan fingerprint density at radius 1 is 0.952 bits per heavy atom. The molecule has 2 amide bonds. The van der Waals surface area contributed by atoms with E-state index in [4.69, 9.17) is 0 Å². The van der Waals surface area contributed by atoms with E-state index in [2.05, 4.69) is 10.6 Å². The molecule has 0 fully saturated rings. The van der Waals surface area contributed by atoms with Crippen LogP contribution in [-0.2, 0) is 9.59 Å². The molecular weight excluding hydrogens is 264 g/mol. The summed E-state index contributed by atoms with van der Waals surface area (Å²) in [4.78, 5) is 24.7. The van der Waals surface area contributed by atoms with Crippen molar-refractivity contribution in [1.29, 1.82) is 0 Å². The zero-order valence-corrected chi connectivity index (χ0v) is 14.0. The number of nitrogens with one attached hydrogen (secondary N) is 2. The molecule has 0 atom stereocenters. The third kappa shape index (κ3) is 4.59. The van der Waals surface area contributed by atoms with Gasteiger partial charge in [0.1, 0.15) is 5.41 Å². The van der Waals surface area contributed by atoms with E-state index in [-0.39, 0.29) is 17.4 Å². The normalized spacial score (nSPS) is 12.0. The van der Waals surface area contributed by atoms with E-state index in [1.54, 1.807) is 13.8 Å². The molecule has 0 unspecified atom stereocenters. The van der Waals surface area contributed by atoms with Gasteiger partial charge in [-0.3, -0.25) is 9.59 Å². The Kier molecular flexibility index (Phi) is 4.82. The van der Waals surface area contributed by atoms with Crippen LogP contribution >= 0.6 is 0 Å². The van der Waals surface area contributed by atoms with Gasteiger partial charge in [0.15, 0.2) is 0 Å². The summed E-state index contributed by atoms with van der Waals surface area (Å²) in [5, 5.41) is 5.71. The fourth-order valence-corrected chi connectivity index (χ4v) is 1.75. The summed E-state index contributed by atoms with van der Waals surface area (Å²) in [6.45, 7) is 12.8. The van der Waals surface area contributed by atoms with Gasteiger partial charge in [0.05, 0.1) is 0 Å². The van der Waals surface area contributed by atoms with Crippen LogP contribution < -0.4 is 10.6 Å². The number of hydrogen-bond acceptors (Lipinski definition) is 2. The summed E-state index contributed by atoms with van der Waals surface area (Å²) >= 11 is 0. The van der Waals surface area contributed by atoms with Crippen molar-refractivity contribution in [2.75, 3.05) is 5.32 Å². The molecule has 0 aliphatic heterocycles. The lowest BCUT2D eigenvalue weighted by Crippen LogP contribution is -2.51. The van der Waals surface area contributed by atoms with Gasteiger partial charge in [0.2, 0.25) is 11.8 Å². The van der Waals surface area contributed by atoms with E-state index in [1.807, 2.05) is 52.8 Å². The van der Waals surface area contributed by atoms with Gasteiger partial charge in [-0.25, -0.2) is 0 Å². The highest BCUT2D eigenvalue weighted by Gasteiger charge is 2.37. The Labute approximate surface area is 127 Å². The van der Waals surface area contributed by atoms with Gasteiger partial charge in [-0.05, 0) is 65.7 Å². The van der Waals surface area contributed by atoms with E-state index < -0.39 is 5.41 Å². The van der Waals surface area contributed by atoms with Gasteiger partial charge in [-0.15, -0.1) is 0 Å². The van der Waals surface area contributed by atoms with Crippen LogP contribution in [0.15, 0.2) is 18.2 Å². The number of carbonyl (C=O) groups excluding carboxylic acids is 2. The Morgan fingerprint density at radius 2 is 1.52 bits per heavy atom. The van der Waals surface area contributed by atoms with Crippen molar-refractivity contribution >= 4 is 17.5 Å². The summed E-state index contributed by atoms with van der Waals surface area (Å²) in [6.07, 6.45) is 0. The molecule has 0 spiro atoms. The van der Waals surface area contributed by atoms with E-state index in [0.717, 1.165) is 16.8 Å². The van der Waals surface area contributed by atoms with Crippen molar-refractivity contribution in [3.05, 3.63) is 29.3 Å². The first-order valence-electron chi connectivity index (χ1n) is 7.15. The molecule has 0 aromatic heterocycles. The van der Waals surface area contributed by atoms with Crippen LogP contribution in [-0.4, -0.2) is 17.4 Å². The van der Waals surface area contributed by atoms with Crippen LogP contribution in [0.1, 0.15) is 45.7 Å². The monoisotopic (exact) mass is 290 g/mol. The number of carbonyl (C=O) groups is 2. The van der Waals surface area contributed by atoms with Gasteiger partial charge in [-0.2, -0.15) is 0 Å². The van der Waals surface area contributed by atoms with Crippen molar-refractivity contribution < 1.29 is 9.59 Å². The molecule has 1 aromatic carbocycles. The zero-order chi connectivity index (χ0) is 16.4. The van der Waals surface area contributed by atoms with Crippen LogP contribution in [0.3, 0.4) is 0 Å². The molecule has 1 rings (SSSR count). The minimum Gasteiger partial charge on any atom is -0.351 e. The number of benzene rings is 1. The average molecular weight is 290 g/mol. The SMILES string of the molecule is Cc1ccc(C)c(NC(=O)C(C)(C)C(=O)NC(C)(C)C)c1. The summed E-state index contributed by atoms with van der Waals surface area (Å²) in [7, 11) is 0. The lowest BCUT2D eigenvalue weighted by Gasteiger charge is -2.28. The van der Waals surface area contributed by atoms with Gasteiger partial charge in [-0.1, -0.05) is 12.1 Å². The smallest absolute Gasteiger partial charge is 0.239 e. The molecule has 21 heavy (non-hydrogen) atoms. The lowest BCUT2D eigenvalue weighted by molar-refractivity contribution is -0.139. The van der Waals surface area contributed by atoms with Crippen molar-refractivity contribution in [1.82, 2.24) is 5.32 Å². The predicted molar refractivity (Wildman–Crippen MR) is 86.2 cm³/mol. The molecule has 4 heteroatoms. The van der Waals surface area contributed by atoms with Gasteiger partial charge < -0.3 is 10.6 Å². The van der Waals surface area contributed by atoms with Gasteiger partial charge in [0.25, 0.3) is 0 Å². The summed E-state index contributed by atoms with van der Waals surface area (Å²) < 4.78 is 0. The van der Waals surface area contributed by atoms with Gasteiger partial charge >= 0.3 is 0 Å². The largest absolute Gasteiger partial charge is 0.351 e. The topological polar surface area (TPSA) is 58.2 Å². The van der Waals surface area contributed by atoms with Crippen molar-refractivity contribution in [3.63, 3.8) is 0 Å². The quantitative estimate of drug-likeness (QED) is 0.840. The molecule has 0 heterocycles. The van der Waals surface area contributed by atoms with Gasteiger partial charge in [0, 0.05) is 11.2 Å². The summed E-state index contributed by atoms with van der Waals surface area (Å²) in [5.74, 6) is -0.587. The first-order chi connectivity index (χ1) is 9.43. The standard InChI is InChI=1S/C17H26N2O2/c1-11-8-9-12(2)13(10-11)18-14(20)17(6,7)15(21)19-16(3,4)5/h8-10H,1-7H3,(H,18,20)(H,19,21). The molecule has 2 N–H and O–H groups in total. The second-order valence-electron chi connectivity index (χ2n) is 7.10. The van der Waals surface area contributed by atoms with E-state index in [1.165, 1.54) is 0 Å². The van der Waals surface area contributed by atoms with Crippen molar-refractivity contribution in [3.8, 4) is 0 Å². The summed E-state index contributed by atoms with van der Waals surface area (Å²) in [6, 6.07) is 5.85. The number of amides is 2. The molecule has 0 aliphatic rings. The first-order valence-corrected chi connectivity index (χ1v) is 7.15. The molecule has 0 bridgehead atoms. The third-order valence-electron chi connectivity index (χ3n) is 3.27. The predicted octanol–water partition coefficient (Wildman–Crippen LogP) is 3.18. The van der Waals surface area contributed by atoms with E-state index in [0.29, 0.717) is 0 Å². The first kappa shape index (κ1) is 17.2. The Morgan fingerprint density at radius 3 is 2.05 bits per heavy atom. The Hall–Kier alpha value is -1.84. The molecule has 0 saturated carbocycles. The average Bonchev–Trinajstić information content (AvgIpc) is 2.31. The van der Waals surface area contributed by atoms with Crippen LogP contribution in [0.25, 0.3) is 0 Å². The second kappa shape index (κ2) is 5.88. The maximum atomic E-state index is 12.5. The Balaban J connectivity index is 2.91. The van der Waals surface area contributed by atoms with Crippen molar-refractivity contribution in [2.45, 2.75) is 54.0 Å². The summed E-state index contributed by atoms with van der Waals surface area (Å²) in [5.41, 5.74) is 1.28. The molecule has 0 radical (unpaired) electrons. The second-order valence-corrected chi connectivity index (χ2v) is 7.10. The molecule has 4 nitrogen and oxygen atoms in total. The number of anilines is 1. The fraction of sp³-hybridized carbons (Fsp3) is 0.529. The molecule has 1 aromatic rings.